The fourth-order valence-electron chi connectivity index (χ4n) is 1.92. The Hall–Kier alpha value is -1.63. The van der Waals surface area contributed by atoms with Crippen LogP contribution in [0.2, 0.25) is 0 Å². The van der Waals surface area contributed by atoms with Gasteiger partial charge in [-0.1, -0.05) is 5.16 Å². The highest BCUT2D eigenvalue weighted by atomic mass is 79.9. The molecular weight excluding hydrogens is 329 g/mol. The zero-order chi connectivity index (χ0) is 14.7. The van der Waals surface area contributed by atoms with Crippen molar-refractivity contribution < 1.29 is 14.4 Å². The molecule has 2 rings (SSSR count). The lowest BCUT2D eigenvalue weighted by molar-refractivity contribution is 0.0747. The molecule has 0 atom stereocenters. The zero-order valence-corrected chi connectivity index (χ0v) is 12.3. The number of hydrogen-bond acceptors (Lipinski definition) is 3. The lowest BCUT2D eigenvalue weighted by Crippen LogP contribution is -2.36. The average Bonchev–Trinajstić information content (AvgIpc) is 3.26. The van der Waals surface area contributed by atoms with Crippen molar-refractivity contribution in [1.29, 1.82) is 0 Å². The van der Waals surface area contributed by atoms with Gasteiger partial charge in [-0.3, -0.25) is 4.79 Å². The third-order valence-electron chi connectivity index (χ3n) is 3.15. The van der Waals surface area contributed by atoms with Gasteiger partial charge in [0.15, 0.2) is 0 Å². The number of oxime groups is 1. The highest BCUT2D eigenvalue weighted by molar-refractivity contribution is 9.10. The normalized spacial score (nSPS) is 15.2. The van der Waals surface area contributed by atoms with E-state index in [1.54, 1.807) is 11.0 Å². The fourth-order valence-corrected chi connectivity index (χ4v) is 2.16. The monoisotopic (exact) mass is 343 g/mol. The van der Waals surface area contributed by atoms with E-state index < -0.39 is 5.82 Å². The molecule has 0 aromatic heterocycles. The maximum atomic E-state index is 13.5. The second kappa shape index (κ2) is 6.21. The molecule has 108 valence electrons. The van der Waals surface area contributed by atoms with Crippen LogP contribution >= 0.6 is 15.9 Å². The van der Waals surface area contributed by atoms with E-state index >= 15 is 0 Å². The first-order chi connectivity index (χ1) is 9.52. The molecular formula is C13H15BrFN3O2. The molecule has 20 heavy (non-hydrogen) atoms. The van der Waals surface area contributed by atoms with Crippen LogP contribution in [0.3, 0.4) is 0 Å². The van der Waals surface area contributed by atoms with E-state index in [1.807, 2.05) is 0 Å². The smallest absolute Gasteiger partial charge is 0.254 e. The van der Waals surface area contributed by atoms with Crippen molar-refractivity contribution in [2.75, 3.05) is 6.54 Å². The number of amides is 1. The van der Waals surface area contributed by atoms with E-state index in [0.29, 0.717) is 16.6 Å². The third kappa shape index (κ3) is 3.47. The Morgan fingerprint density at radius 1 is 1.55 bits per heavy atom. The van der Waals surface area contributed by atoms with Crippen LogP contribution in [0, 0.1) is 5.82 Å². The molecule has 0 radical (unpaired) electrons. The van der Waals surface area contributed by atoms with E-state index in [4.69, 9.17) is 10.9 Å². The highest BCUT2D eigenvalue weighted by Gasteiger charge is 2.33. The SMILES string of the molecule is NC(CCN(C(=O)c1ccc(Br)c(F)c1)C1CC1)=NO. The number of nitrogens with two attached hydrogens (primary N) is 1. The van der Waals surface area contributed by atoms with Crippen LogP contribution in [0.15, 0.2) is 27.8 Å². The maximum absolute atomic E-state index is 13.5. The summed E-state index contributed by atoms with van der Waals surface area (Å²) in [6.07, 6.45) is 2.15. The van der Waals surface area contributed by atoms with Crippen molar-refractivity contribution in [3.8, 4) is 0 Å². The van der Waals surface area contributed by atoms with Crippen LogP contribution in [-0.4, -0.2) is 34.4 Å². The summed E-state index contributed by atoms with van der Waals surface area (Å²) < 4.78 is 13.8. The Bertz CT molecular complexity index is 546. The second-order valence-electron chi connectivity index (χ2n) is 4.70. The Labute approximate surface area is 124 Å². The quantitative estimate of drug-likeness (QED) is 0.372. The average molecular weight is 344 g/mol. The number of nitrogens with zero attached hydrogens (tertiary/aromatic N) is 2. The van der Waals surface area contributed by atoms with Crippen molar-refractivity contribution in [3.63, 3.8) is 0 Å². The van der Waals surface area contributed by atoms with E-state index in [9.17, 15) is 9.18 Å². The van der Waals surface area contributed by atoms with Crippen molar-refractivity contribution in [1.82, 2.24) is 4.90 Å². The Morgan fingerprint density at radius 2 is 2.25 bits per heavy atom. The van der Waals surface area contributed by atoms with Gasteiger partial charge in [-0.2, -0.15) is 0 Å². The summed E-state index contributed by atoms with van der Waals surface area (Å²) in [6.45, 7) is 0.358. The first-order valence-electron chi connectivity index (χ1n) is 6.25. The molecule has 0 spiro atoms. The topological polar surface area (TPSA) is 78.9 Å². The van der Waals surface area contributed by atoms with Crippen LogP contribution < -0.4 is 5.73 Å². The number of carbonyl (C=O) groups excluding carboxylic acids is 1. The van der Waals surface area contributed by atoms with Crippen molar-refractivity contribution in [3.05, 3.63) is 34.1 Å². The summed E-state index contributed by atoms with van der Waals surface area (Å²) in [4.78, 5) is 14.0. The molecule has 0 aliphatic heterocycles. The molecule has 0 heterocycles. The molecule has 5 nitrogen and oxygen atoms in total. The molecule has 0 unspecified atom stereocenters. The Morgan fingerprint density at radius 3 is 2.80 bits per heavy atom. The first-order valence-corrected chi connectivity index (χ1v) is 7.04. The van der Waals surface area contributed by atoms with Crippen LogP contribution in [0.1, 0.15) is 29.6 Å². The number of amidine groups is 1. The zero-order valence-electron chi connectivity index (χ0n) is 10.7. The van der Waals surface area contributed by atoms with Crippen molar-refractivity contribution in [2.24, 2.45) is 10.9 Å². The molecule has 1 aromatic rings. The number of benzene rings is 1. The number of rotatable bonds is 5. The summed E-state index contributed by atoms with van der Waals surface area (Å²) in [5.41, 5.74) is 5.72. The molecule has 1 amide bonds. The highest BCUT2D eigenvalue weighted by Crippen LogP contribution is 2.29. The Balaban J connectivity index is 2.12. The largest absolute Gasteiger partial charge is 0.409 e. The van der Waals surface area contributed by atoms with Gasteiger partial charge in [-0.05, 0) is 47.0 Å². The minimum atomic E-state index is -0.469. The van der Waals surface area contributed by atoms with E-state index in [-0.39, 0.29) is 24.2 Å². The van der Waals surface area contributed by atoms with Gasteiger partial charge in [0.25, 0.3) is 5.91 Å². The van der Waals surface area contributed by atoms with Gasteiger partial charge < -0.3 is 15.8 Å². The molecule has 1 aliphatic rings. The predicted molar refractivity (Wildman–Crippen MR) is 76.2 cm³/mol. The minimum absolute atomic E-state index is 0.0745. The van der Waals surface area contributed by atoms with E-state index in [0.717, 1.165) is 12.8 Å². The molecule has 1 saturated carbocycles. The Kier molecular flexibility index (Phi) is 4.59. The summed E-state index contributed by atoms with van der Waals surface area (Å²) in [5, 5.41) is 11.4. The number of halogens is 2. The lowest BCUT2D eigenvalue weighted by Gasteiger charge is -2.22. The molecule has 1 fully saturated rings. The molecule has 3 N–H and O–H groups in total. The molecule has 1 aliphatic carbocycles. The van der Waals surface area contributed by atoms with E-state index in [1.165, 1.54) is 12.1 Å². The second-order valence-corrected chi connectivity index (χ2v) is 5.55. The van der Waals surface area contributed by atoms with Gasteiger partial charge in [0.1, 0.15) is 11.7 Å². The number of hydrogen-bond donors (Lipinski definition) is 2. The van der Waals surface area contributed by atoms with Gasteiger partial charge in [0, 0.05) is 24.6 Å². The van der Waals surface area contributed by atoms with Crippen LogP contribution in [-0.2, 0) is 0 Å². The van der Waals surface area contributed by atoms with E-state index in [2.05, 4.69) is 21.1 Å². The maximum Gasteiger partial charge on any atom is 0.254 e. The van der Waals surface area contributed by atoms with Gasteiger partial charge in [-0.25, -0.2) is 4.39 Å². The lowest BCUT2D eigenvalue weighted by atomic mass is 10.2. The summed E-state index contributed by atoms with van der Waals surface area (Å²) in [5.74, 6) is -0.627. The van der Waals surface area contributed by atoms with Gasteiger partial charge in [-0.15, -0.1) is 0 Å². The summed E-state index contributed by atoms with van der Waals surface area (Å²) in [7, 11) is 0. The van der Waals surface area contributed by atoms with Gasteiger partial charge >= 0.3 is 0 Å². The van der Waals surface area contributed by atoms with Gasteiger partial charge in [0.05, 0.1) is 4.47 Å². The third-order valence-corrected chi connectivity index (χ3v) is 3.80. The molecule has 7 heteroatoms. The summed E-state index contributed by atoms with van der Waals surface area (Å²) >= 11 is 3.06. The summed E-state index contributed by atoms with van der Waals surface area (Å²) in [6, 6.07) is 4.47. The van der Waals surface area contributed by atoms with Crippen molar-refractivity contribution >= 4 is 27.7 Å². The van der Waals surface area contributed by atoms with Crippen molar-refractivity contribution in [2.45, 2.75) is 25.3 Å². The first kappa shape index (κ1) is 14.8. The standard InChI is InChI=1S/C13H15BrFN3O2/c14-10-4-1-8(7-11(10)15)13(19)18(9-2-3-9)6-5-12(16)17-20/h1,4,7,9,20H,2-3,5-6H2,(H2,16,17). The van der Waals surface area contributed by atoms with Crippen LogP contribution in [0.4, 0.5) is 4.39 Å². The molecule has 0 saturated heterocycles. The van der Waals surface area contributed by atoms with Crippen LogP contribution in [0.5, 0.6) is 0 Å². The fraction of sp³-hybridized carbons (Fsp3) is 0.385. The minimum Gasteiger partial charge on any atom is -0.409 e. The van der Waals surface area contributed by atoms with Crippen LogP contribution in [0.25, 0.3) is 0 Å². The van der Waals surface area contributed by atoms with Gasteiger partial charge in [0.2, 0.25) is 0 Å². The number of carbonyl (C=O) groups is 1. The predicted octanol–water partition coefficient (Wildman–Crippen LogP) is 2.33. The molecule has 0 bridgehead atoms. The molecule has 1 aromatic carbocycles.